The molecule has 0 bridgehead atoms. The van der Waals surface area contributed by atoms with E-state index in [-0.39, 0.29) is 16.8 Å². The molecule has 0 N–H and O–H groups in total. The van der Waals surface area contributed by atoms with Gasteiger partial charge in [0, 0.05) is 49.4 Å². The van der Waals surface area contributed by atoms with Gasteiger partial charge in [0.05, 0.1) is 11.2 Å². The Bertz CT molecular complexity index is 705. The minimum atomic E-state index is 0.161. The summed E-state index contributed by atoms with van der Waals surface area (Å²) in [6.07, 6.45) is 5.01. The van der Waals surface area contributed by atoms with Crippen molar-refractivity contribution < 1.29 is 9.53 Å². The van der Waals surface area contributed by atoms with E-state index in [0.717, 1.165) is 31.0 Å². The van der Waals surface area contributed by atoms with Gasteiger partial charge in [-0.25, -0.2) is 4.98 Å². The number of carbonyl (C=O) groups is 1. The Balaban J connectivity index is 1.28. The average molecular weight is 341 g/mol. The van der Waals surface area contributed by atoms with Gasteiger partial charge in [0.25, 0.3) is 0 Å². The normalized spacial score (nSPS) is 21.5. The van der Waals surface area contributed by atoms with E-state index in [9.17, 15) is 4.79 Å². The second kappa shape index (κ2) is 6.43. The van der Waals surface area contributed by atoms with E-state index in [2.05, 4.69) is 9.97 Å². The average Bonchev–Trinajstić information content (AvgIpc) is 2.99. The molecule has 2 aromatic heterocycles. The quantitative estimate of drug-likeness (QED) is 0.853. The first-order chi connectivity index (χ1) is 11.7. The van der Waals surface area contributed by atoms with Gasteiger partial charge in [-0.1, -0.05) is 12.1 Å². The molecule has 2 aliphatic heterocycles. The first-order valence-corrected chi connectivity index (χ1v) is 9.10. The molecule has 0 aliphatic carbocycles. The monoisotopic (exact) mass is 341 g/mol. The van der Waals surface area contributed by atoms with Crippen LogP contribution in [0.1, 0.15) is 12.1 Å². The number of carbonyl (C=O) groups excluding carboxylic acids is 1. The Morgan fingerprint density at radius 2 is 2.00 bits per heavy atom. The van der Waals surface area contributed by atoms with E-state index < -0.39 is 0 Å². The first-order valence-electron chi connectivity index (χ1n) is 8.12. The van der Waals surface area contributed by atoms with Gasteiger partial charge in [-0.05, 0) is 18.2 Å². The third-order valence-electron chi connectivity index (χ3n) is 4.47. The molecule has 1 spiro atoms. The molecule has 1 unspecified atom stereocenters. The highest BCUT2D eigenvalue weighted by Gasteiger charge is 2.51. The standard InChI is InChI=1S/C18H19N3O2S/c22-17(9-14-5-1-3-7-19-14)21-12-18(13-21)10-15(11-24-18)23-16-6-2-4-8-20-16/h1-8,15H,9-13H2. The van der Waals surface area contributed by atoms with Gasteiger partial charge in [-0.2, -0.15) is 0 Å². The van der Waals surface area contributed by atoms with Crippen LogP contribution in [-0.4, -0.2) is 50.5 Å². The number of hydrogen-bond donors (Lipinski definition) is 0. The Kier molecular flexibility index (Phi) is 4.14. The van der Waals surface area contributed by atoms with Gasteiger partial charge in [0.1, 0.15) is 6.10 Å². The fourth-order valence-electron chi connectivity index (χ4n) is 3.28. The molecule has 2 fully saturated rings. The summed E-state index contributed by atoms with van der Waals surface area (Å²) in [5.74, 6) is 1.80. The molecule has 1 atom stereocenters. The van der Waals surface area contributed by atoms with E-state index >= 15 is 0 Å². The van der Waals surface area contributed by atoms with Crippen LogP contribution in [0.4, 0.5) is 0 Å². The molecule has 2 saturated heterocycles. The summed E-state index contributed by atoms with van der Waals surface area (Å²) in [5.41, 5.74) is 0.832. The number of ether oxygens (including phenoxy) is 1. The summed E-state index contributed by atoms with van der Waals surface area (Å²) in [5, 5.41) is 0. The minimum Gasteiger partial charge on any atom is -0.473 e. The maximum atomic E-state index is 12.3. The molecule has 0 saturated carbocycles. The summed E-state index contributed by atoms with van der Waals surface area (Å²) < 4.78 is 6.12. The van der Waals surface area contributed by atoms with E-state index in [1.807, 2.05) is 53.1 Å². The second-order valence-corrected chi connectivity index (χ2v) is 7.84. The molecule has 0 radical (unpaired) electrons. The van der Waals surface area contributed by atoms with Crippen molar-refractivity contribution in [2.24, 2.45) is 0 Å². The van der Waals surface area contributed by atoms with Crippen LogP contribution in [-0.2, 0) is 11.2 Å². The molecule has 4 rings (SSSR count). The fourth-order valence-corrected chi connectivity index (χ4v) is 4.80. The fraction of sp³-hybridized carbons (Fsp3) is 0.389. The van der Waals surface area contributed by atoms with Crippen LogP contribution in [0.5, 0.6) is 5.88 Å². The largest absolute Gasteiger partial charge is 0.473 e. The summed E-state index contributed by atoms with van der Waals surface area (Å²) >= 11 is 1.92. The number of hydrogen-bond acceptors (Lipinski definition) is 5. The lowest BCUT2D eigenvalue weighted by Crippen LogP contribution is -2.61. The van der Waals surface area contributed by atoms with E-state index in [1.165, 1.54) is 0 Å². The molecule has 5 nitrogen and oxygen atoms in total. The molecular formula is C18H19N3O2S. The third-order valence-corrected chi connectivity index (χ3v) is 6.05. The topological polar surface area (TPSA) is 55.3 Å². The summed E-state index contributed by atoms with van der Waals surface area (Å²) in [6.45, 7) is 1.62. The van der Waals surface area contributed by atoms with Gasteiger partial charge < -0.3 is 9.64 Å². The second-order valence-electron chi connectivity index (χ2n) is 6.35. The van der Waals surface area contributed by atoms with Crippen LogP contribution in [0.15, 0.2) is 48.8 Å². The molecule has 0 aromatic carbocycles. The van der Waals surface area contributed by atoms with Gasteiger partial charge >= 0.3 is 0 Å². The number of pyridine rings is 2. The Labute approximate surface area is 145 Å². The molecule has 124 valence electrons. The summed E-state index contributed by atoms with van der Waals surface area (Å²) in [7, 11) is 0. The number of likely N-dealkylation sites (tertiary alicyclic amines) is 1. The molecule has 2 aliphatic rings. The lowest BCUT2D eigenvalue weighted by atomic mass is 9.92. The lowest BCUT2D eigenvalue weighted by molar-refractivity contribution is -0.135. The van der Waals surface area contributed by atoms with Crippen LogP contribution in [0.2, 0.25) is 0 Å². The molecule has 4 heterocycles. The summed E-state index contributed by atoms with van der Waals surface area (Å²) in [4.78, 5) is 22.7. The van der Waals surface area contributed by atoms with Gasteiger partial charge in [-0.3, -0.25) is 9.78 Å². The molecule has 2 aromatic rings. The highest BCUT2D eigenvalue weighted by atomic mass is 32.2. The number of aromatic nitrogens is 2. The lowest BCUT2D eigenvalue weighted by Gasteiger charge is -2.47. The zero-order valence-corrected chi connectivity index (χ0v) is 14.1. The number of rotatable bonds is 4. The minimum absolute atomic E-state index is 0.161. The zero-order chi connectivity index (χ0) is 16.4. The van der Waals surface area contributed by atoms with Crippen LogP contribution >= 0.6 is 11.8 Å². The van der Waals surface area contributed by atoms with Crippen molar-refractivity contribution in [2.45, 2.75) is 23.7 Å². The molecule has 6 heteroatoms. The van der Waals surface area contributed by atoms with Crippen LogP contribution in [0, 0.1) is 0 Å². The van der Waals surface area contributed by atoms with E-state index in [0.29, 0.717) is 12.3 Å². The number of thioether (sulfide) groups is 1. The van der Waals surface area contributed by atoms with Crippen molar-refractivity contribution >= 4 is 17.7 Å². The van der Waals surface area contributed by atoms with Crippen molar-refractivity contribution in [1.82, 2.24) is 14.9 Å². The molecule has 1 amide bonds. The van der Waals surface area contributed by atoms with Gasteiger partial charge in [0.15, 0.2) is 0 Å². The Morgan fingerprint density at radius 1 is 1.21 bits per heavy atom. The Hall–Kier alpha value is -2.08. The van der Waals surface area contributed by atoms with Crippen LogP contribution in [0.3, 0.4) is 0 Å². The predicted molar refractivity (Wildman–Crippen MR) is 93.0 cm³/mol. The highest BCUT2D eigenvalue weighted by molar-refractivity contribution is 8.01. The van der Waals surface area contributed by atoms with Crippen molar-refractivity contribution in [3.05, 3.63) is 54.5 Å². The Morgan fingerprint density at radius 3 is 2.71 bits per heavy atom. The van der Waals surface area contributed by atoms with Crippen LogP contribution in [0.25, 0.3) is 0 Å². The van der Waals surface area contributed by atoms with Crippen LogP contribution < -0.4 is 4.74 Å². The third kappa shape index (κ3) is 3.24. The van der Waals surface area contributed by atoms with Crippen molar-refractivity contribution in [3.8, 4) is 5.88 Å². The van der Waals surface area contributed by atoms with Crippen molar-refractivity contribution in [1.29, 1.82) is 0 Å². The predicted octanol–water partition coefficient (Wildman–Crippen LogP) is 2.18. The molecular weight excluding hydrogens is 322 g/mol. The number of amides is 1. The van der Waals surface area contributed by atoms with Crippen molar-refractivity contribution in [3.63, 3.8) is 0 Å². The van der Waals surface area contributed by atoms with E-state index in [4.69, 9.17) is 4.74 Å². The van der Waals surface area contributed by atoms with Gasteiger partial charge in [-0.15, -0.1) is 11.8 Å². The maximum absolute atomic E-state index is 12.3. The maximum Gasteiger partial charge on any atom is 0.228 e. The van der Waals surface area contributed by atoms with E-state index in [1.54, 1.807) is 12.4 Å². The first kappa shape index (κ1) is 15.4. The highest BCUT2D eigenvalue weighted by Crippen LogP contribution is 2.46. The van der Waals surface area contributed by atoms with Crippen molar-refractivity contribution in [2.75, 3.05) is 18.8 Å². The summed E-state index contributed by atoms with van der Waals surface area (Å²) in [6, 6.07) is 11.4. The SMILES string of the molecule is O=C(Cc1ccccn1)N1CC2(CC(Oc3ccccn3)CS2)C1. The zero-order valence-electron chi connectivity index (χ0n) is 13.3. The molecule has 24 heavy (non-hydrogen) atoms. The number of nitrogens with zero attached hydrogens (tertiary/aromatic N) is 3. The van der Waals surface area contributed by atoms with Gasteiger partial charge in [0.2, 0.25) is 11.8 Å². The smallest absolute Gasteiger partial charge is 0.228 e.